The second kappa shape index (κ2) is 6.75. The van der Waals surface area contributed by atoms with Crippen molar-refractivity contribution in [2.24, 2.45) is 5.92 Å². The van der Waals surface area contributed by atoms with Gasteiger partial charge in [-0.2, -0.15) is 0 Å². The van der Waals surface area contributed by atoms with E-state index in [0.29, 0.717) is 17.2 Å². The van der Waals surface area contributed by atoms with Gasteiger partial charge in [0.25, 0.3) is 5.91 Å². The summed E-state index contributed by atoms with van der Waals surface area (Å²) in [7, 11) is 0. The van der Waals surface area contributed by atoms with Crippen molar-refractivity contribution in [2.45, 2.75) is 20.3 Å². The highest BCUT2D eigenvalue weighted by atomic mass is 16.2. The van der Waals surface area contributed by atoms with Crippen molar-refractivity contribution < 1.29 is 4.79 Å². The molecule has 0 saturated carbocycles. The molecule has 1 aromatic carbocycles. The van der Waals surface area contributed by atoms with Gasteiger partial charge in [-0.25, -0.2) is 0 Å². The van der Waals surface area contributed by atoms with Crippen LogP contribution in [0.25, 0.3) is 0 Å². The molecule has 1 heterocycles. The number of para-hydroxylation sites is 1. The molecule has 1 saturated heterocycles. The number of carbonyl (C=O) groups is 1. The first kappa shape index (κ1) is 14.9. The lowest BCUT2D eigenvalue weighted by atomic mass is 10.1. The van der Waals surface area contributed by atoms with Crippen molar-refractivity contribution in [1.29, 1.82) is 0 Å². The van der Waals surface area contributed by atoms with Gasteiger partial charge in [-0.3, -0.25) is 4.79 Å². The molecule has 4 nitrogen and oxygen atoms in total. The Kier molecular flexibility index (Phi) is 5.01. The number of anilines is 1. The van der Waals surface area contributed by atoms with Crippen LogP contribution in [0.4, 0.5) is 5.69 Å². The van der Waals surface area contributed by atoms with E-state index in [-0.39, 0.29) is 5.91 Å². The maximum Gasteiger partial charge on any atom is 0.255 e. The van der Waals surface area contributed by atoms with Crippen LogP contribution in [0, 0.1) is 5.92 Å². The van der Waals surface area contributed by atoms with Crippen LogP contribution in [-0.2, 0) is 0 Å². The topological polar surface area (TPSA) is 49.6 Å². The number of carbonyl (C=O) groups excluding carboxylic acids is 1. The molecule has 1 fully saturated rings. The summed E-state index contributed by atoms with van der Waals surface area (Å²) in [5, 5.41) is 0. The highest BCUT2D eigenvalue weighted by Gasteiger charge is 2.28. The minimum Gasteiger partial charge on any atom is -0.398 e. The number of nitrogen functional groups attached to an aromatic ring is 1. The molecule has 2 N–H and O–H groups in total. The average molecular weight is 275 g/mol. The standard InChI is InChI=1S/C16H25N3O/c1-3-18(4-2)11-13-9-10-19(12-13)16(20)14-7-5-6-8-15(14)17/h5-8,13H,3-4,9-12,17H2,1-2H3. The fourth-order valence-corrected chi connectivity index (χ4v) is 2.88. The number of nitrogens with zero attached hydrogens (tertiary/aromatic N) is 2. The molecule has 0 aromatic heterocycles. The third kappa shape index (κ3) is 3.31. The Hall–Kier alpha value is -1.55. The molecule has 110 valence electrons. The van der Waals surface area contributed by atoms with Gasteiger partial charge < -0.3 is 15.5 Å². The minimum absolute atomic E-state index is 0.0742. The van der Waals surface area contributed by atoms with E-state index in [1.165, 1.54) is 0 Å². The van der Waals surface area contributed by atoms with Gasteiger partial charge in [0.2, 0.25) is 0 Å². The summed E-state index contributed by atoms with van der Waals surface area (Å²) in [5.41, 5.74) is 7.10. The molecule has 0 radical (unpaired) electrons. The van der Waals surface area contributed by atoms with Gasteiger partial charge in [0, 0.05) is 25.3 Å². The van der Waals surface area contributed by atoms with Crippen LogP contribution >= 0.6 is 0 Å². The van der Waals surface area contributed by atoms with Crippen molar-refractivity contribution in [2.75, 3.05) is 38.5 Å². The number of nitrogens with two attached hydrogens (primary N) is 1. The molecule has 1 unspecified atom stereocenters. The van der Waals surface area contributed by atoms with Gasteiger partial charge in [0.05, 0.1) is 5.56 Å². The largest absolute Gasteiger partial charge is 0.398 e. The maximum atomic E-state index is 12.5. The number of hydrogen-bond acceptors (Lipinski definition) is 3. The predicted octanol–water partition coefficient (Wildman–Crippen LogP) is 2.07. The van der Waals surface area contributed by atoms with Crippen LogP contribution in [0.5, 0.6) is 0 Å². The Labute approximate surface area is 121 Å². The first-order valence-corrected chi connectivity index (χ1v) is 7.51. The van der Waals surface area contributed by atoms with E-state index in [4.69, 9.17) is 5.73 Å². The first-order chi connectivity index (χ1) is 9.65. The molecular formula is C16H25N3O. The van der Waals surface area contributed by atoms with Crippen LogP contribution in [0.15, 0.2) is 24.3 Å². The Balaban J connectivity index is 1.96. The number of amides is 1. The highest BCUT2D eigenvalue weighted by Crippen LogP contribution is 2.21. The molecule has 0 aliphatic carbocycles. The molecule has 20 heavy (non-hydrogen) atoms. The summed E-state index contributed by atoms with van der Waals surface area (Å²) in [4.78, 5) is 16.8. The predicted molar refractivity (Wildman–Crippen MR) is 82.7 cm³/mol. The molecule has 1 atom stereocenters. The van der Waals surface area contributed by atoms with Crippen molar-refractivity contribution in [3.05, 3.63) is 29.8 Å². The number of benzene rings is 1. The average Bonchev–Trinajstić information content (AvgIpc) is 2.93. The van der Waals surface area contributed by atoms with Gasteiger partial charge in [0.15, 0.2) is 0 Å². The highest BCUT2D eigenvalue weighted by molar-refractivity contribution is 5.99. The van der Waals surface area contributed by atoms with E-state index in [1.54, 1.807) is 6.07 Å². The quantitative estimate of drug-likeness (QED) is 0.837. The summed E-state index contributed by atoms with van der Waals surface area (Å²) in [6, 6.07) is 7.33. The minimum atomic E-state index is 0.0742. The molecule has 1 aromatic rings. The second-order valence-corrected chi connectivity index (χ2v) is 5.48. The number of hydrogen-bond donors (Lipinski definition) is 1. The van der Waals surface area contributed by atoms with E-state index >= 15 is 0 Å². The van der Waals surface area contributed by atoms with Crippen LogP contribution in [0.1, 0.15) is 30.6 Å². The molecule has 1 aliphatic rings. The lowest BCUT2D eigenvalue weighted by Gasteiger charge is -2.23. The van der Waals surface area contributed by atoms with Crippen LogP contribution in [-0.4, -0.2) is 48.4 Å². The van der Waals surface area contributed by atoms with Gasteiger partial charge in [0.1, 0.15) is 0 Å². The van der Waals surface area contributed by atoms with Crippen molar-refractivity contribution >= 4 is 11.6 Å². The first-order valence-electron chi connectivity index (χ1n) is 7.51. The van der Waals surface area contributed by atoms with E-state index in [0.717, 1.165) is 39.1 Å². The fourth-order valence-electron chi connectivity index (χ4n) is 2.88. The smallest absolute Gasteiger partial charge is 0.255 e. The second-order valence-electron chi connectivity index (χ2n) is 5.48. The number of likely N-dealkylation sites (tertiary alicyclic amines) is 1. The SMILES string of the molecule is CCN(CC)CC1CCN(C(=O)c2ccccc2N)C1. The Bertz CT molecular complexity index is 457. The van der Waals surface area contributed by atoms with Crippen molar-refractivity contribution in [3.8, 4) is 0 Å². The van der Waals surface area contributed by atoms with Gasteiger partial charge >= 0.3 is 0 Å². The van der Waals surface area contributed by atoms with Gasteiger partial charge in [-0.15, -0.1) is 0 Å². The molecular weight excluding hydrogens is 250 g/mol. The molecule has 0 spiro atoms. The zero-order valence-corrected chi connectivity index (χ0v) is 12.5. The van der Waals surface area contributed by atoms with E-state index in [9.17, 15) is 4.79 Å². The van der Waals surface area contributed by atoms with Crippen molar-refractivity contribution in [1.82, 2.24) is 9.80 Å². The van der Waals surface area contributed by atoms with Crippen LogP contribution in [0.2, 0.25) is 0 Å². The summed E-state index contributed by atoms with van der Waals surface area (Å²) < 4.78 is 0. The monoisotopic (exact) mass is 275 g/mol. The third-order valence-corrected chi connectivity index (χ3v) is 4.18. The summed E-state index contributed by atoms with van der Waals surface area (Å²) in [6.45, 7) is 9.31. The van der Waals surface area contributed by atoms with Crippen LogP contribution < -0.4 is 5.73 Å². The Morgan fingerprint density at radius 3 is 2.70 bits per heavy atom. The fraction of sp³-hybridized carbons (Fsp3) is 0.562. The normalized spacial score (nSPS) is 18.8. The van der Waals surface area contributed by atoms with E-state index < -0.39 is 0 Å². The van der Waals surface area contributed by atoms with Gasteiger partial charge in [-0.1, -0.05) is 26.0 Å². The summed E-state index contributed by atoms with van der Waals surface area (Å²) >= 11 is 0. The molecule has 4 heteroatoms. The Morgan fingerprint density at radius 2 is 2.05 bits per heavy atom. The molecule has 0 bridgehead atoms. The lowest BCUT2D eigenvalue weighted by molar-refractivity contribution is 0.0785. The summed E-state index contributed by atoms with van der Waals surface area (Å²) in [5.74, 6) is 0.661. The lowest BCUT2D eigenvalue weighted by Crippen LogP contribution is -2.33. The van der Waals surface area contributed by atoms with E-state index in [1.807, 2.05) is 23.1 Å². The molecule has 1 aliphatic heterocycles. The molecule has 1 amide bonds. The molecule has 2 rings (SSSR count). The van der Waals surface area contributed by atoms with Crippen molar-refractivity contribution in [3.63, 3.8) is 0 Å². The Morgan fingerprint density at radius 1 is 1.35 bits per heavy atom. The van der Waals surface area contributed by atoms with Crippen LogP contribution in [0.3, 0.4) is 0 Å². The zero-order valence-electron chi connectivity index (χ0n) is 12.5. The zero-order chi connectivity index (χ0) is 14.5. The number of rotatable bonds is 5. The van der Waals surface area contributed by atoms with Gasteiger partial charge in [-0.05, 0) is 37.6 Å². The summed E-state index contributed by atoms with van der Waals surface area (Å²) in [6.07, 6.45) is 1.09. The third-order valence-electron chi connectivity index (χ3n) is 4.18. The maximum absolute atomic E-state index is 12.5. The van der Waals surface area contributed by atoms with E-state index in [2.05, 4.69) is 18.7 Å².